The van der Waals surface area contributed by atoms with E-state index in [1.165, 1.54) is 6.07 Å². The van der Waals surface area contributed by atoms with E-state index in [1.54, 1.807) is 36.4 Å². The van der Waals surface area contributed by atoms with Gasteiger partial charge in [0.2, 0.25) is 5.56 Å². The normalized spacial score (nSPS) is 10.7. The van der Waals surface area contributed by atoms with Crippen LogP contribution in [0.2, 0.25) is 0 Å². The molecular weight excluding hydrogens is 254 g/mol. The van der Waals surface area contributed by atoms with E-state index in [1.807, 2.05) is 12.1 Å². The van der Waals surface area contributed by atoms with E-state index in [0.29, 0.717) is 11.5 Å². The largest absolute Gasteiger partial charge is 0.383 e. The Labute approximate surface area is 114 Å². The van der Waals surface area contributed by atoms with Gasteiger partial charge < -0.3 is 10.7 Å². The number of aromatic amines is 1. The van der Waals surface area contributed by atoms with E-state index < -0.39 is 0 Å². The summed E-state index contributed by atoms with van der Waals surface area (Å²) >= 11 is 0. The number of anilines is 1. The van der Waals surface area contributed by atoms with Crippen LogP contribution >= 0.6 is 0 Å². The maximum atomic E-state index is 11.5. The minimum Gasteiger partial charge on any atom is -0.383 e. The zero-order chi connectivity index (χ0) is 14.1. The van der Waals surface area contributed by atoms with E-state index in [0.717, 1.165) is 16.7 Å². The van der Waals surface area contributed by atoms with Gasteiger partial charge in [0.1, 0.15) is 11.5 Å². The van der Waals surface area contributed by atoms with Crippen LogP contribution in [0.5, 0.6) is 0 Å². The first-order chi connectivity index (χ1) is 9.66. The van der Waals surface area contributed by atoms with Gasteiger partial charge in [0.15, 0.2) is 0 Å². The molecular formula is C14H13N5O. The molecule has 0 aliphatic carbocycles. The fourth-order valence-corrected chi connectivity index (χ4v) is 2.13. The zero-order valence-electron chi connectivity index (χ0n) is 10.9. The van der Waals surface area contributed by atoms with Crippen molar-refractivity contribution >= 4 is 5.82 Å². The van der Waals surface area contributed by atoms with Crippen LogP contribution in [0.4, 0.5) is 5.82 Å². The van der Waals surface area contributed by atoms with Gasteiger partial charge in [-0.1, -0.05) is 0 Å². The van der Waals surface area contributed by atoms with Gasteiger partial charge in [0.05, 0.1) is 5.56 Å². The highest BCUT2D eigenvalue weighted by atomic mass is 16.1. The minimum atomic E-state index is -0.174. The highest BCUT2D eigenvalue weighted by molar-refractivity contribution is 5.87. The van der Waals surface area contributed by atoms with Gasteiger partial charge in [-0.2, -0.15) is 5.10 Å². The molecule has 0 aromatic carbocycles. The van der Waals surface area contributed by atoms with Crippen molar-refractivity contribution in [1.82, 2.24) is 19.7 Å². The van der Waals surface area contributed by atoms with Crippen molar-refractivity contribution in [2.75, 3.05) is 5.73 Å². The monoisotopic (exact) mass is 267 g/mol. The molecule has 0 saturated carbocycles. The molecule has 0 fully saturated rings. The molecule has 3 heterocycles. The summed E-state index contributed by atoms with van der Waals surface area (Å²) in [5.74, 6) is 0.548. The lowest BCUT2D eigenvalue weighted by Gasteiger charge is -2.03. The number of pyridine rings is 2. The fourth-order valence-electron chi connectivity index (χ4n) is 2.13. The van der Waals surface area contributed by atoms with Gasteiger partial charge >= 0.3 is 0 Å². The van der Waals surface area contributed by atoms with Gasteiger partial charge in [-0.25, -0.2) is 0 Å². The highest BCUT2D eigenvalue weighted by Crippen LogP contribution is 2.34. The van der Waals surface area contributed by atoms with Crippen molar-refractivity contribution in [3.8, 4) is 22.4 Å². The lowest BCUT2D eigenvalue weighted by molar-refractivity contribution is 0.782. The Bertz CT molecular complexity index is 804. The van der Waals surface area contributed by atoms with Crippen molar-refractivity contribution in [1.29, 1.82) is 0 Å². The molecule has 0 aliphatic heterocycles. The van der Waals surface area contributed by atoms with E-state index in [-0.39, 0.29) is 5.56 Å². The molecule has 3 N–H and O–H groups in total. The van der Waals surface area contributed by atoms with E-state index in [2.05, 4.69) is 15.1 Å². The number of rotatable bonds is 2. The smallest absolute Gasteiger partial charge is 0.248 e. The first kappa shape index (κ1) is 12.2. The number of hydrogen-bond acceptors (Lipinski definition) is 4. The Hall–Kier alpha value is -2.89. The van der Waals surface area contributed by atoms with Crippen LogP contribution in [0.25, 0.3) is 22.4 Å². The molecule has 0 amide bonds. The Morgan fingerprint density at radius 2 is 1.95 bits per heavy atom. The number of aryl methyl sites for hydroxylation is 1. The number of aromatic nitrogens is 4. The summed E-state index contributed by atoms with van der Waals surface area (Å²) in [6.45, 7) is 0. The Morgan fingerprint density at radius 1 is 1.20 bits per heavy atom. The summed E-state index contributed by atoms with van der Waals surface area (Å²) in [5.41, 5.74) is 9.07. The number of nitrogens with two attached hydrogens (primary N) is 1. The Morgan fingerprint density at radius 3 is 2.65 bits per heavy atom. The molecule has 6 nitrogen and oxygen atoms in total. The Balaban J connectivity index is 2.28. The molecule has 20 heavy (non-hydrogen) atoms. The van der Waals surface area contributed by atoms with Crippen LogP contribution in [0.15, 0.2) is 47.7 Å². The third-order valence-electron chi connectivity index (χ3n) is 3.11. The number of nitrogens with one attached hydrogen (secondary N) is 1. The van der Waals surface area contributed by atoms with E-state index in [4.69, 9.17) is 5.73 Å². The summed E-state index contributed by atoms with van der Waals surface area (Å²) < 4.78 is 1.60. The molecule has 3 aromatic heterocycles. The molecule has 0 bridgehead atoms. The molecule has 6 heteroatoms. The lowest BCUT2D eigenvalue weighted by atomic mass is 10.0. The molecule has 0 saturated heterocycles. The fraction of sp³-hybridized carbons (Fsp3) is 0.0714. The number of nitrogen functional groups attached to an aromatic ring is 1. The Kier molecular flexibility index (Phi) is 2.83. The molecule has 3 aromatic rings. The molecule has 100 valence electrons. The van der Waals surface area contributed by atoms with E-state index in [9.17, 15) is 4.79 Å². The van der Waals surface area contributed by atoms with E-state index >= 15 is 0 Å². The third kappa shape index (κ3) is 1.97. The summed E-state index contributed by atoms with van der Waals surface area (Å²) in [5, 5.41) is 4.42. The van der Waals surface area contributed by atoms with Crippen LogP contribution in [0.3, 0.4) is 0 Å². The van der Waals surface area contributed by atoms with Gasteiger partial charge in [0, 0.05) is 37.3 Å². The summed E-state index contributed by atoms with van der Waals surface area (Å²) in [4.78, 5) is 18.1. The topological polar surface area (TPSA) is 89.6 Å². The first-order valence-electron chi connectivity index (χ1n) is 6.09. The van der Waals surface area contributed by atoms with Gasteiger partial charge in [0.25, 0.3) is 0 Å². The first-order valence-corrected chi connectivity index (χ1v) is 6.09. The van der Waals surface area contributed by atoms with Crippen molar-refractivity contribution < 1.29 is 0 Å². The summed E-state index contributed by atoms with van der Waals surface area (Å²) in [7, 11) is 1.77. The van der Waals surface area contributed by atoms with Crippen LogP contribution in [-0.4, -0.2) is 19.7 Å². The third-order valence-corrected chi connectivity index (χ3v) is 3.11. The maximum absolute atomic E-state index is 11.5. The second-order valence-electron chi connectivity index (χ2n) is 4.41. The van der Waals surface area contributed by atoms with Crippen molar-refractivity contribution in [2.24, 2.45) is 7.05 Å². The van der Waals surface area contributed by atoms with Crippen LogP contribution < -0.4 is 11.3 Å². The molecule has 0 atom stereocenters. The molecule has 0 spiro atoms. The predicted molar refractivity (Wildman–Crippen MR) is 76.9 cm³/mol. The lowest BCUT2D eigenvalue weighted by Crippen LogP contribution is -2.02. The average Bonchev–Trinajstić information content (AvgIpc) is 2.76. The van der Waals surface area contributed by atoms with Crippen molar-refractivity contribution in [3.05, 3.63) is 53.2 Å². The van der Waals surface area contributed by atoms with Crippen molar-refractivity contribution in [2.45, 2.75) is 0 Å². The van der Waals surface area contributed by atoms with Gasteiger partial charge in [-0.3, -0.25) is 14.5 Å². The number of hydrogen-bond donors (Lipinski definition) is 2. The summed E-state index contributed by atoms with van der Waals surface area (Å²) in [6, 6.07) is 7.04. The van der Waals surface area contributed by atoms with Crippen LogP contribution in [0.1, 0.15) is 0 Å². The number of H-pyrrole nitrogens is 1. The molecule has 0 aliphatic rings. The second-order valence-corrected chi connectivity index (χ2v) is 4.41. The van der Waals surface area contributed by atoms with Crippen molar-refractivity contribution in [3.63, 3.8) is 0 Å². The van der Waals surface area contributed by atoms with Gasteiger partial charge in [-0.05, 0) is 23.8 Å². The highest BCUT2D eigenvalue weighted by Gasteiger charge is 2.17. The summed E-state index contributed by atoms with van der Waals surface area (Å²) in [6.07, 6.45) is 4.99. The predicted octanol–water partition coefficient (Wildman–Crippen LogP) is 1.42. The van der Waals surface area contributed by atoms with Gasteiger partial charge in [-0.15, -0.1) is 0 Å². The van der Waals surface area contributed by atoms with Crippen LogP contribution in [0, 0.1) is 0 Å². The molecule has 3 rings (SSSR count). The average molecular weight is 267 g/mol. The molecule has 0 unspecified atom stereocenters. The maximum Gasteiger partial charge on any atom is 0.248 e. The second kappa shape index (κ2) is 4.65. The number of nitrogens with zero attached hydrogens (tertiary/aromatic N) is 3. The SMILES string of the molecule is Cn1nc(-c2cc[nH]c(=O)c2)c(-c2ccncc2)c1N. The standard InChI is InChI=1S/C14H13N5O/c1-19-14(15)12(9-2-5-16-6-3-9)13(18-19)10-4-7-17-11(20)8-10/h2-8H,15H2,1H3,(H,17,20). The van der Waals surface area contributed by atoms with Crippen LogP contribution in [-0.2, 0) is 7.05 Å². The zero-order valence-corrected chi connectivity index (χ0v) is 10.9. The minimum absolute atomic E-state index is 0.174. The molecule has 0 radical (unpaired) electrons. The quantitative estimate of drug-likeness (QED) is 0.734.